The van der Waals surface area contributed by atoms with Gasteiger partial charge in [-0.2, -0.15) is 0 Å². The summed E-state index contributed by atoms with van der Waals surface area (Å²) < 4.78 is 5.75. The van der Waals surface area contributed by atoms with Crippen LogP contribution in [0.5, 0.6) is 0 Å². The molecule has 2 aromatic rings. The summed E-state index contributed by atoms with van der Waals surface area (Å²) in [5.74, 6) is 1.88. The number of nitrogens with one attached hydrogen (secondary N) is 1. The Hall–Kier alpha value is -1.66. The molecule has 5 nitrogen and oxygen atoms in total. The molecule has 1 fully saturated rings. The lowest BCUT2D eigenvalue weighted by Crippen LogP contribution is -2.32. The minimum atomic E-state index is -0.00317. The van der Waals surface area contributed by atoms with Gasteiger partial charge in [0.1, 0.15) is 11.5 Å². The average molecular weight is 333 g/mol. The smallest absolute Gasteiger partial charge is 0.240 e. The van der Waals surface area contributed by atoms with Gasteiger partial charge in [0.15, 0.2) is 5.13 Å². The first-order valence-corrected chi connectivity index (χ1v) is 8.95. The molecule has 1 aliphatic heterocycles. The summed E-state index contributed by atoms with van der Waals surface area (Å²) in [5.41, 5.74) is 1.07. The van der Waals surface area contributed by atoms with E-state index in [1.807, 2.05) is 26.0 Å². The van der Waals surface area contributed by atoms with Crippen LogP contribution in [0.4, 0.5) is 5.13 Å². The van der Waals surface area contributed by atoms with Crippen molar-refractivity contribution in [2.75, 3.05) is 18.4 Å². The molecule has 0 bridgehead atoms. The number of carbonyl (C=O) groups excluding carboxylic acids is 1. The van der Waals surface area contributed by atoms with E-state index in [2.05, 4.69) is 22.1 Å². The second kappa shape index (κ2) is 6.84. The number of likely N-dealkylation sites (tertiary alicyclic amines) is 1. The Labute approximate surface area is 140 Å². The van der Waals surface area contributed by atoms with E-state index in [9.17, 15) is 4.79 Å². The summed E-state index contributed by atoms with van der Waals surface area (Å²) in [6.45, 7) is 7.38. The fraction of sp³-hybridized carbons (Fsp3) is 0.529. The maximum atomic E-state index is 12.3. The van der Waals surface area contributed by atoms with Gasteiger partial charge in [-0.1, -0.05) is 6.92 Å². The first-order valence-electron chi connectivity index (χ1n) is 8.13. The highest BCUT2D eigenvalue weighted by Crippen LogP contribution is 2.32. The van der Waals surface area contributed by atoms with Gasteiger partial charge in [-0.15, -0.1) is 11.3 Å². The predicted molar refractivity (Wildman–Crippen MR) is 91.9 cm³/mol. The average Bonchev–Trinajstić information content (AvgIpc) is 3.19. The van der Waals surface area contributed by atoms with Crippen molar-refractivity contribution in [1.82, 2.24) is 9.88 Å². The second-order valence-electron chi connectivity index (χ2n) is 6.00. The third kappa shape index (κ3) is 3.64. The van der Waals surface area contributed by atoms with Crippen LogP contribution in [0.15, 0.2) is 16.5 Å². The number of nitrogens with zero attached hydrogens (tertiary/aromatic N) is 2. The highest BCUT2D eigenvalue weighted by Gasteiger charge is 2.29. The van der Waals surface area contributed by atoms with Gasteiger partial charge >= 0.3 is 0 Å². The first-order chi connectivity index (χ1) is 11.1. The van der Waals surface area contributed by atoms with E-state index in [1.54, 1.807) is 11.3 Å². The number of carbonyl (C=O) groups is 1. The molecule has 3 heterocycles. The largest absolute Gasteiger partial charge is 0.465 e. The Kier molecular flexibility index (Phi) is 4.82. The van der Waals surface area contributed by atoms with Gasteiger partial charge in [0.05, 0.1) is 18.3 Å². The summed E-state index contributed by atoms with van der Waals surface area (Å²) >= 11 is 1.55. The molecule has 1 atom stereocenters. The summed E-state index contributed by atoms with van der Waals surface area (Å²) in [6, 6.07) is 4.21. The molecule has 1 aliphatic rings. The van der Waals surface area contributed by atoms with Crippen LogP contribution in [-0.4, -0.2) is 28.9 Å². The molecular formula is C17H23N3O2S. The summed E-state index contributed by atoms with van der Waals surface area (Å²) in [5, 5.41) is 3.64. The lowest BCUT2D eigenvalue weighted by atomic mass is 10.1. The van der Waals surface area contributed by atoms with Crippen LogP contribution in [0.1, 0.15) is 47.9 Å². The lowest BCUT2D eigenvalue weighted by Gasteiger charge is -2.21. The summed E-state index contributed by atoms with van der Waals surface area (Å²) in [7, 11) is 0. The predicted octanol–water partition coefficient (Wildman–Crippen LogP) is 3.69. The molecule has 1 unspecified atom stereocenters. The molecule has 23 heavy (non-hydrogen) atoms. The fourth-order valence-electron chi connectivity index (χ4n) is 3.12. The van der Waals surface area contributed by atoms with Crippen molar-refractivity contribution in [3.8, 4) is 0 Å². The van der Waals surface area contributed by atoms with Gasteiger partial charge in [-0.25, -0.2) is 4.98 Å². The molecule has 1 N–H and O–H groups in total. The number of aromatic nitrogens is 1. The molecule has 2 aromatic heterocycles. The topological polar surface area (TPSA) is 58.4 Å². The van der Waals surface area contributed by atoms with Crippen LogP contribution < -0.4 is 5.32 Å². The third-order valence-electron chi connectivity index (χ3n) is 4.27. The van der Waals surface area contributed by atoms with E-state index in [0.29, 0.717) is 11.7 Å². The molecule has 1 amide bonds. The zero-order valence-electron chi connectivity index (χ0n) is 13.9. The Morgan fingerprint density at radius 3 is 2.96 bits per heavy atom. The normalized spacial score (nSPS) is 18.5. The number of hydrogen-bond donors (Lipinski definition) is 1. The van der Waals surface area contributed by atoms with E-state index in [1.165, 1.54) is 4.88 Å². The van der Waals surface area contributed by atoms with Crippen molar-refractivity contribution in [2.24, 2.45) is 0 Å². The van der Waals surface area contributed by atoms with E-state index < -0.39 is 0 Å². The first kappa shape index (κ1) is 16.2. The van der Waals surface area contributed by atoms with Crippen LogP contribution >= 0.6 is 11.3 Å². The minimum absolute atomic E-state index is 0.00317. The third-order valence-corrected chi connectivity index (χ3v) is 5.20. The van der Waals surface area contributed by atoms with Crippen molar-refractivity contribution in [3.63, 3.8) is 0 Å². The number of aryl methyl sites for hydroxylation is 3. The zero-order chi connectivity index (χ0) is 16.4. The number of amides is 1. The van der Waals surface area contributed by atoms with Gasteiger partial charge in [0.25, 0.3) is 0 Å². The highest BCUT2D eigenvalue weighted by atomic mass is 32.1. The molecule has 0 aliphatic carbocycles. The van der Waals surface area contributed by atoms with E-state index >= 15 is 0 Å². The van der Waals surface area contributed by atoms with E-state index in [0.717, 1.165) is 43.0 Å². The van der Waals surface area contributed by atoms with Crippen molar-refractivity contribution in [3.05, 3.63) is 34.2 Å². The molecule has 0 saturated carbocycles. The Bertz CT molecular complexity index is 692. The summed E-state index contributed by atoms with van der Waals surface area (Å²) in [4.78, 5) is 20.2. The van der Waals surface area contributed by atoms with Gasteiger partial charge in [-0.05, 0) is 51.8 Å². The zero-order valence-corrected chi connectivity index (χ0v) is 14.7. The van der Waals surface area contributed by atoms with Crippen molar-refractivity contribution < 1.29 is 9.21 Å². The van der Waals surface area contributed by atoms with E-state index in [4.69, 9.17) is 4.42 Å². The number of thiazole rings is 1. The summed E-state index contributed by atoms with van der Waals surface area (Å²) in [6.07, 6.45) is 3.02. The number of rotatable bonds is 5. The van der Waals surface area contributed by atoms with Crippen LogP contribution in [0.2, 0.25) is 0 Å². The van der Waals surface area contributed by atoms with Crippen LogP contribution in [-0.2, 0) is 11.2 Å². The van der Waals surface area contributed by atoms with Crippen LogP contribution in [0.25, 0.3) is 0 Å². The SMILES string of the molecule is CCc1nc(NC(=O)CN2CCCC2c2ccc(C)o2)sc1C. The standard InChI is InChI=1S/C17H23N3O2S/c1-4-13-12(3)23-17(18-13)19-16(21)10-20-9-5-6-14(20)15-8-7-11(2)22-15/h7-8,14H,4-6,9-10H2,1-3H3,(H,18,19,21). The number of hydrogen-bond acceptors (Lipinski definition) is 5. The van der Waals surface area contributed by atoms with Gasteiger partial charge in [0.2, 0.25) is 5.91 Å². The van der Waals surface area contributed by atoms with Crippen molar-refractivity contribution in [2.45, 2.75) is 46.1 Å². The van der Waals surface area contributed by atoms with Crippen molar-refractivity contribution in [1.29, 1.82) is 0 Å². The van der Waals surface area contributed by atoms with E-state index in [-0.39, 0.29) is 11.9 Å². The molecule has 6 heteroatoms. The van der Waals surface area contributed by atoms with Crippen LogP contribution in [0, 0.1) is 13.8 Å². The molecule has 1 saturated heterocycles. The lowest BCUT2D eigenvalue weighted by molar-refractivity contribution is -0.117. The number of anilines is 1. The number of furan rings is 1. The molecular weight excluding hydrogens is 310 g/mol. The molecule has 0 radical (unpaired) electrons. The molecule has 0 spiro atoms. The Morgan fingerprint density at radius 1 is 1.48 bits per heavy atom. The minimum Gasteiger partial charge on any atom is -0.465 e. The maximum Gasteiger partial charge on any atom is 0.240 e. The van der Waals surface area contributed by atoms with Gasteiger partial charge in [-0.3, -0.25) is 9.69 Å². The Morgan fingerprint density at radius 2 is 2.30 bits per heavy atom. The molecule has 0 aromatic carbocycles. The molecule has 3 rings (SSSR count). The Balaban J connectivity index is 1.62. The molecule has 124 valence electrons. The van der Waals surface area contributed by atoms with Gasteiger partial charge < -0.3 is 9.73 Å². The maximum absolute atomic E-state index is 12.3. The monoisotopic (exact) mass is 333 g/mol. The van der Waals surface area contributed by atoms with Crippen LogP contribution in [0.3, 0.4) is 0 Å². The highest BCUT2D eigenvalue weighted by molar-refractivity contribution is 7.15. The van der Waals surface area contributed by atoms with Crippen molar-refractivity contribution >= 4 is 22.4 Å². The van der Waals surface area contributed by atoms with Gasteiger partial charge in [0, 0.05) is 4.88 Å². The quantitative estimate of drug-likeness (QED) is 0.906. The second-order valence-corrected chi connectivity index (χ2v) is 7.20. The fourth-order valence-corrected chi connectivity index (χ4v) is 4.04.